The van der Waals surface area contributed by atoms with Crippen LogP contribution in [0.25, 0.3) is 0 Å². The molecular weight excluding hydrogens is 429 g/mol. The van der Waals surface area contributed by atoms with E-state index in [1.165, 1.54) is 12.0 Å². The van der Waals surface area contributed by atoms with Gasteiger partial charge in [0.1, 0.15) is 0 Å². The Labute approximate surface area is 168 Å². The average Bonchev–Trinajstić information content (AvgIpc) is 3.00. The first kappa shape index (κ1) is 21.7. The Kier molecular flexibility index (Phi) is 9.85. The zero-order valence-electron chi connectivity index (χ0n) is 15.4. The summed E-state index contributed by atoms with van der Waals surface area (Å²) in [6, 6.07) is 10.6. The molecule has 0 amide bonds. The van der Waals surface area contributed by atoms with E-state index in [9.17, 15) is 4.79 Å². The lowest BCUT2D eigenvalue weighted by molar-refractivity contribution is -0.147. The van der Waals surface area contributed by atoms with Crippen molar-refractivity contribution in [2.24, 2.45) is 10.9 Å². The Morgan fingerprint density at radius 3 is 2.72 bits per heavy atom. The summed E-state index contributed by atoms with van der Waals surface area (Å²) in [4.78, 5) is 18.2. The molecule has 1 saturated heterocycles. The number of hydrogen-bond donors (Lipinski definition) is 1. The zero-order chi connectivity index (χ0) is 17.4. The van der Waals surface area contributed by atoms with Gasteiger partial charge < -0.3 is 15.0 Å². The minimum absolute atomic E-state index is 0. The number of hydrogen-bond acceptors (Lipinski definition) is 3. The van der Waals surface area contributed by atoms with Crippen LogP contribution < -0.4 is 5.32 Å². The van der Waals surface area contributed by atoms with Crippen LogP contribution in [-0.2, 0) is 16.0 Å². The molecule has 1 N–H and O–H groups in total. The van der Waals surface area contributed by atoms with E-state index in [0.29, 0.717) is 18.9 Å². The topological polar surface area (TPSA) is 53.9 Å². The second kappa shape index (κ2) is 11.3. The molecule has 1 aliphatic heterocycles. The molecule has 25 heavy (non-hydrogen) atoms. The highest BCUT2D eigenvalue weighted by Crippen LogP contribution is 2.20. The van der Waals surface area contributed by atoms with Crippen molar-refractivity contribution in [3.05, 3.63) is 35.9 Å². The molecule has 1 aromatic carbocycles. The van der Waals surface area contributed by atoms with Crippen LogP contribution in [0.3, 0.4) is 0 Å². The smallest absolute Gasteiger partial charge is 0.307 e. The molecule has 5 nitrogen and oxygen atoms in total. The fourth-order valence-corrected chi connectivity index (χ4v) is 3.07. The molecule has 1 aliphatic rings. The van der Waals surface area contributed by atoms with Gasteiger partial charge in [-0.2, -0.15) is 0 Å². The fraction of sp³-hybridized carbons (Fsp3) is 0.579. The second-order valence-corrected chi connectivity index (χ2v) is 6.55. The lowest BCUT2D eigenvalue weighted by Crippen LogP contribution is -2.41. The van der Waals surface area contributed by atoms with E-state index in [0.717, 1.165) is 25.5 Å². The van der Waals surface area contributed by atoms with Gasteiger partial charge in [-0.1, -0.05) is 30.3 Å². The molecule has 1 heterocycles. The minimum Gasteiger partial charge on any atom is -0.463 e. The Morgan fingerprint density at radius 2 is 2.08 bits per heavy atom. The number of guanidine groups is 1. The van der Waals surface area contributed by atoms with Crippen molar-refractivity contribution in [2.45, 2.75) is 39.2 Å². The van der Waals surface area contributed by atoms with E-state index in [-0.39, 0.29) is 36.0 Å². The number of likely N-dealkylation sites (tertiary alicyclic amines) is 1. The first-order valence-electron chi connectivity index (χ1n) is 8.77. The number of nitrogens with zero attached hydrogens (tertiary/aromatic N) is 2. The number of aliphatic imine (C=N–C) groups is 1. The summed E-state index contributed by atoms with van der Waals surface area (Å²) in [5.74, 6) is 1.36. The zero-order valence-corrected chi connectivity index (χ0v) is 17.7. The lowest BCUT2D eigenvalue weighted by atomic mass is 9.99. The van der Waals surface area contributed by atoms with E-state index in [1.807, 2.05) is 13.8 Å². The maximum absolute atomic E-state index is 11.6. The summed E-state index contributed by atoms with van der Waals surface area (Å²) in [6.45, 7) is 6.29. The number of benzene rings is 1. The average molecular weight is 459 g/mol. The third-order valence-electron chi connectivity index (χ3n) is 4.14. The van der Waals surface area contributed by atoms with Gasteiger partial charge in [-0.15, -0.1) is 24.0 Å². The first-order valence-corrected chi connectivity index (χ1v) is 8.77. The van der Waals surface area contributed by atoms with Crippen LogP contribution in [0.4, 0.5) is 0 Å². The highest BCUT2D eigenvalue weighted by Gasteiger charge is 2.24. The summed E-state index contributed by atoms with van der Waals surface area (Å²) < 4.78 is 5.14. The number of rotatable bonds is 6. The second-order valence-electron chi connectivity index (χ2n) is 6.55. The maximum Gasteiger partial charge on any atom is 0.307 e. The van der Waals surface area contributed by atoms with Crippen molar-refractivity contribution < 1.29 is 9.53 Å². The number of carbonyl (C=O) groups excluding carboxylic acids is 1. The SMILES string of the molecule is CN=C(NCCC(=O)OC(C)C)N1CCC(Cc2ccccc2)C1.I. The van der Waals surface area contributed by atoms with Crippen LogP contribution in [-0.4, -0.2) is 49.6 Å². The van der Waals surface area contributed by atoms with Crippen LogP contribution in [0.1, 0.15) is 32.3 Å². The number of nitrogens with one attached hydrogen (secondary N) is 1. The van der Waals surface area contributed by atoms with Crippen LogP contribution in [0.5, 0.6) is 0 Å². The van der Waals surface area contributed by atoms with E-state index in [2.05, 4.69) is 45.5 Å². The Hall–Kier alpha value is -1.31. The molecule has 1 atom stereocenters. The summed E-state index contributed by atoms with van der Waals surface area (Å²) >= 11 is 0. The number of esters is 1. The van der Waals surface area contributed by atoms with E-state index < -0.39 is 0 Å². The predicted molar refractivity (Wildman–Crippen MR) is 112 cm³/mol. The molecule has 0 aromatic heterocycles. The highest BCUT2D eigenvalue weighted by atomic mass is 127. The van der Waals surface area contributed by atoms with Gasteiger partial charge >= 0.3 is 5.97 Å². The largest absolute Gasteiger partial charge is 0.463 e. The number of carbonyl (C=O) groups is 1. The minimum atomic E-state index is -0.170. The summed E-state index contributed by atoms with van der Waals surface area (Å²) in [5.41, 5.74) is 1.39. The van der Waals surface area contributed by atoms with Gasteiger partial charge in [0.15, 0.2) is 5.96 Å². The maximum atomic E-state index is 11.6. The van der Waals surface area contributed by atoms with Crippen molar-refractivity contribution in [3.8, 4) is 0 Å². The van der Waals surface area contributed by atoms with Crippen molar-refractivity contribution in [1.29, 1.82) is 0 Å². The van der Waals surface area contributed by atoms with Crippen molar-refractivity contribution in [2.75, 3.05) is 26.7 Å². The van der Waals surface area contributed by atoms with Gasteiger partial charge in [-0.05, 0) is 38.2 Å². The van der Waals surface area contributed by atoms with Gasteiger partial charge in [0, 0.05) is 26.7 Å². The van der Waals surface area contributed by atoms with Gasteiger partial charge in [-0.25, -0.2) is 0 Å². The third-order valence-corrected chi connectivity index (χ3v) is 4.14. The van der Waals surface area contributed by atoms with Crippen molar-refractivity contribution in [1.82, 2.24) is 10.2 Å². The van der Waals surface area contributed by atoms with E-state index in [1.54, 1.807) is 7.05 Å². The third kappa shape index (κ3) is 7.63. The van der Waals surface area contributed by atoms with Gasteiger partial charge in [-0.3, -0.25) is 9.79 Å². The highest BCUT2D eigenvalue weighted by molar-refractivity contribution is 14.0. The van der Waals surface area contributed by atoms with Gasteiger partial charge in [0.05, 0.1) is 12.5 Å². The summed E-state index contributed by atoms with van der Waals surface area (Å²) in [5, 5.41) is 3.28. The van der Waals surface area contributed by atoms with Crippen molar-refractivity contribution >= 4 is 35.9 Å². The Balaban J connectivity index is 0.00000312. The molecular formula is C19H30IN3O2. The standard InChI is InChI=1S/C19H29N3O2.HI/c1-15(2)24-18(23)9-11-21-19(20-3)22-12-10-17(14-22)13-16-7-5-4-6-8-16;/h4-8,15,17H,9-14H2,1-3H3,(H,20,21);1H. The number of ether oxygens (including phenoxy) is 1. The monoisotopic (exact) mass is 459 g/mol. The normalized spacial score (nSPS) is 17.4. The molecule has 0 bridgehead atoms. The number of halogens is 1. The molecule has 1 unspecified atom stereocenters. The molecule has 0 aliphatic carbocycles. The summed E-state index contributed by atoms with van der Waals surface area (Å²) in [6.07, 6.45) is 2.58. The van der Waals surface area contributed by atoms with Crippen LogP contribution in [0.15, 0.2) is 35.3 Å². The quantitative estimate of drug-likeness (QED) is 0.308. The first-order chi connectivity index (χ1) is 11.6. The fourth-order valence-electron chi connectivity index (χ4n) is 3.07. The Morgan fingerprint density at radius 1 is 1.36 bits per heavy atom. The summed E-state index contributed by atoms with van der Waals surface area (Å²) in [7, 11) is 1.79. The lowest BCUT2D eigenvalue weighted by Gasteiger charge is -2.21. The molecule has 140 valence electrons. The van der Waals surface area contributed by atoms with Crippen LogP contribution in [0.2, 0.25) is 0 Å². The molecule has 1 fully saturated rings. The molecule has 0 spiro atoms. The van der Waals surface area contributed by atoms with Crippen LogP contribution in [0, 0.1) is 5.92 Å². The molecule has 0 radical (unpaired) electrons. The van der Waals surface area contributed by atoms with Crippen LogP contribution >= 0.6 is 24.0 Å². The molecule has 2 rings (SSSR count). The van der Waals surface area contributed by atoms with Gasteiger partial charge in [0.25, 0.3) is 0 Å². The molecule has 0 saturated carbocycles. The Bertz CT molecular complexity index is 549. The van der Waals surface area contributed by atoms with E-state index >= 15 is 0 Å². The van der Waals surface area contributed by atoms with Crippen molar-refractivity contribution in [3.63, 3.8) is 0 Å². The predicted octanol–water partition coefficient (Wildman–Crippen LogP) is 3.09. The van der Waals surface area contributed by atoms with Gasteiger partial charge in [0.2, 0.25) is 0 Å². The van der Waals surface area contributed by atoms with E-state index in [4.69, 9.17) is 4.74 Å². The molecule has 6 heteroatoms. The molecule has 1 aromatic rings.